The van der Waals surface area contributed by atoms with Crippen molar-refractivity contribution in [3.8, 4) is 10.4 Å². The van der Waals surface area contributed by atoms with Crippen LogP contribution in [0.3, 0.4) is 0 Å². The molecule has 1 unspecified atom stereocenters. The minimum Gasteiger partial charge on any atom is -0.391 e. The number of nitrogen functional groups attached to an aromatic ring is 1. The number of anilines is 1. The third kappa shape index (κ3) is 9.47. The quantitative estimate of drug-likeness (QED) is 0.487. The number of hydrogen-bond donors (Lipinski definition) is 2. The van der Waals surface area contributed by atoms with E-state index in [0.717, 1.165) is 17.8 Å². The normalized spacial score (nSPS) is 11.6. The Morgan fingerprint density at radius 3 is 2.07 bits per heavy atom. The highest BCUT2D eigenvalue weighted by Crippen LogP contribution is 2.35. The highest BCUT2D eigenvalue weighted by molar-refractivity contribution is 7.19. The lowest BCUT2D eigenvalue weighted by Gasteiger charge is -2.13. The molecule has 0 aliphatic heterocycles. The molecule has 1 aromatic heterocycles. The van der Waals surface area contributed by atoms with Gasteiger partial charge in [-0.2, -0.15) is 0 Å². The van der Waals surface area contributed by atoms with Gasteiger partial charge in [0.1, 0.15) is 0 Å². The van der Waals surface area contributed by atoms with Gasteiger partial charge in [-0.1, -0.05) is 51.5 Å². The van der Waals surface area contributed by atoms with Crippen LogP contribution in [-0.4, -0.2) is 6.04 Å². The fraction of sp³-hybridized carbons (Fsp3) is 0.462. The molecule has 3 heteroatoms. The number of hydrogen-bond acceptors (Lipinski definition) is 3. The van der Waals surface area contributed by atoms with E-state index in [0.29, 0.717) is 6.04 Å². The van der Waals surface area contributed by atoms with Gasteiger partial charge in [0.15, 0.2) is 0 Å². The molecule has 0 amide bonds. The molecular weight excluding hydrogens is 372 g/mol. The van der Waals surface area contributed by atoms with E-state index in [4.69, 9.17) is 11.5 Å². The summed E-state index contributed by atoms with van der Waals surface area (Å²) >= 11 is 1.66. The van der Waals surface area contributed by atoms with Gasteiger partial charge in [0.2, 0.25) is 0 Å². The first-order valence-corrected chi connectivity index (χ1v) is 11.6. The van der Waals surface area contributed by atoms with Crippen LogP contribution in [0.1, 0.15) is 78.5 Å². The number of benzene rings is 1. The number of aryl methyl sites for hydroxylation is 2. The first kappa shape index (κ1) is 27.2. The van der Waals surface area contributed by atoms with Crippen molar-refractivity contribution >= 4 is 21.9 Å². The molecule has 2 rings (SSSR count). The van der Waals surface area contributed by atoms with Crippen molar-refractivity contribution < 1.29 is 0 Å². The molecule has 29 heavy (non-hydrogen) atoms. The Morgan fingerprint density at radius 2 is 1.66 bits per heavy atom. The van der Waals surface area contributed by atoms with E-state index >= 15 is 0 Å². The summed E-state index contributed by atoms with van der Waals surface area (Å²) in [4.78, 5) is 1.25. The number of nitrogens with two attached hydrogens (primary N) is 2. The molecule has 1 heterocycles. The van der Waals surface area contributed by atoms with Crippen LogP contribution >= 0.6 is 11.3 Å². The van der Waals surface area contributed by atoms with Gasteiger partial charge < -0.3 is 11.5 Å². The monoisotopic (exact) mass is 414 g/mol. The van der Waals surface area contributed by atoms with Crippen LogP contribution in [0.25, 0.3) is 16.0 Å². The van der Waals surface area contributed by atoms with Gasteiger partial charge in [-0.3, -0.25) is 0 Å². The van der Waals surface area contributed by atoms with Crippen molar-refractivity contribution in [2.75, 3.05) is 5.73 Å². The lowest BCUT2D eigenvalue weighted by Crippen LogP contribution is -2.11. The predicted molar refractivity (Wildman–Crippen MR) is 137 cm³/mol. The Hall–Kier alpha value is -1.84. The van der Waals surface area contributed by atoms with Gasteiger partial charge in [0.05, 0.1) is 5.00 Å². The second-order valence-electron chi connectivity index (χ2n) is 7.36. The maximum atomic E-state index is 5.89. The maximum Gasteiger partial charge on any atom is 0.0862 e. The molecule has 1 aromatic carbocycles. The third-order valence-corrected chi connectivity index (χ3v) is 5.41. The third-order valence-electron chi connectivity index (χ3n) is 4.46. The molecule has 0 radical (unpaired) electrons. The van der Waals surface area contributed by atoms with E-state index in [1.165, 1.54) is 38.3 Å². The van der Waals surface area contributed by atoms with E-state index < -0.39 is 0 Å². The lowest BCUT2D eigenvalue weighted by atomic mass is 9.92. The van der Waals surface area contributed by atoms with Crippen molar-refractivity contribution in [2.24, 2.45) is 5.73 Å². The van der Waals surface area contributed by atoms with E-state index in [2.05, 4.69) is 71.9 Å². The van der Waals surface area contributed by atoms with Crippen LogP contribution in [0.2, 0.25) is 0 Å². The van der Waals surface area contributed by atoms with Gasteiger partial charge in [-0.15, -0.1) is 11.3 Å². The van der Waals surface area contributed by atoms with E-state index in [-0.39, 0.29) is 0 Å². The molecule has 2 aromatic rings. The Morgan fingerprint density at radius 1 is 1.07 bits per heavy atom. The fourth-order valence-electron chi connectivity index (χ4n) is 2.56. The highest BCUT2D eigenvalue weighted by atomic mass is 32.1. The maximum absolute atomic E-state index is 5.89. The molecule has 2 nitrogen and oxygen atoms in total. The zero-order chi connectivity index (χ0) is 22.6. The molecule has 0 saturated heterocycles. The number of allylic oxidation sites excluding steroid dienone is 4. The van der Waals surface area contributed by atoms with Crippen molar-refractivity contribution in [1.82, 2.24) is 0 Å². The summed E-state index contributed by atoms with van der Waals surface area (Å²) in [6.07, 6.45) is 6.51. The minimum atomic E-state index is 0.384. The zero-order valence-electron chi connectivity index (χ0n) is 20.0. The lowest BCUT2D eigenvalue weighted by molar-refractivity contribution is 0.715. The summed E-state index contributed by atoms with van der Waals surface area (Å²) in [5.41, 5.74) is 19.2. The number of thiophene rings is 1. The Kier molecular flexibility index (Phi) is 13.3. The first-order valence-electron chi connectivity index (χ1n) is 10.8. The van der Waals surface area contributed by atoms with E-state index in [1.54, 1.807) is 11.3 Å². The molecule has 0 spiro atoms. The summed E-state index contributed by atoms with van der Waals surface area (Å²) in [5, 5.41) is 0.871. The molecule has 0 aliphatic rings. The van der Waals surface area contributed by atoms with Crippen LogP contribution in [-0.2, 0) is 6.42 Å². The molecule has 0 fully saturated rings. The van der Waals surface area contributed by atoms with Gasteiger partial charge in [-0.25, -0.2) is 0 Å². The van der Waals surface area contributed by atoms with Crippen molar-refractivity contribution in [3.05, 3.63) is 58.7 Å². The fourth-order valence-corrected chi connectivity index (χ4v) is 3.41. The smallest absolute Gasteiger partial charge is 0.0862 e. The largest absolute Gasteiger partial charge is 0.391 e. The molecule has 0 bridgehead atoms. The summed E-state index contributed by atoms with van der Waals surface area (Å²) in [5.74, 6) is 0. The summed E-state index contributed by atoms with van der Waals surface area (Å²) < 4.78 is 0. The summed E-state index contributed by atoms with van der Waals surface area (Å²) in [6.45, 7) is 18.9. The van der Waals surface area contributed by atoms with E-state index in [1.807, 2.05) is 26.8 Å². The number of rotatable bonds is 5. The van der Waals surface area contributed by atoms with Crippen molar-refractivity contribution in [1.29, 1.82) is 0 Å². The second kappa shape index (κ2) is 14.2. The average molecular weight is 415 g/mol. The Balaban J connectivity index is 0.000000977. The van der Waals surface area contributed by atoms with Gasteiger partial charge in [-0.05, 0) is 93.5 Å². The molecule has 162 valence electrons. The molecule has 0 aliphatic carbocycles. The Labute approximate surface area is 183 Å². The zero-order valence-corrected chi connectivity index (χ0v) is 20.8. The summed E-state index contributed by atoms with van der Waals surface area (Å²) in [6, 6.07) is 9.13. The minimum absolute atomic E-state index is 0.384. The standard InChI is InChI=1S/C20H25NS.C4H11N.C2H6/c1-6-16-12-18(19-9-10-20(21)22-19)15(5)11-17(16)14(4)8-7-13(2)3;1-3-4(2)5;1-2/h7-12H,6,21H2,1-5H3;4H,3,5H2,1-2H3;1-2H3/b14-8+;;. The van der Waals surface area contributed by atoms with Gasteiger partial charge >= 0.3 is 0 Å². The Bertz CT molecular complexity index is 791. The van der Waals surface area contributed by atoms with Crippen LogP contribution in [0.4, 0.5) is 5.00 Å². The molecule has 1 atom stereocenters. The SMILES string of the molecule is CC.CCC(C)N.CCc1cc(-c2ccc(N)s2)c(C)cc1/C(C)=C/C=C(C)C. The average Bonchev–Trinajstić information content (AvgIpc) is 3.13. The van der Waals surface area contributed by atoms with Crippen LogP contribution in [0.5, 0.6) is 0 Å². The predicted octanol–water partition coefficient (Wildman–Crippen LogP) is 8.01. The van der Waals surface area contributed by atoms with Crippen molar-refractivity contribution in [2.45, 2.75) is 81.2 Å². The highest BCUT2D eigenvalue weighted by Gasteiger charge is 2.10. The van der Waals surface area contributed by atoms with E-state index in [9.17, 15) is 0 Å². The topological polar surface area (TPSA) is 52.0 Å². The first-order chi connectivity index (χ1) is 13.7. The molecular formula is C26H42N2S. The van der Waals surface area contributed by atoms with Crippen LogP contribution < -0.4 is 11.5 Å². The summed E-state index contributed by atoms with van der Waals surface area (Å²) in [7, 11) is 0. The molecule has 0 saturated carbocycles. The van der Waals surface area contributed by atoms with Crippen LogP contribution in [0, 0.1) is 6.92 Å². The molecule has 4 N–H and O–H groups in total. The van der Waals surface area contributed by atoms with Crippen molar-refractivity contribution in [3.63, 3.8) is 0 Å². The second-order valence-corrected chi connectivity index (χ2v) is 8.47. The van der Waals surface area contributed by atoms with Gasteiger partial charge in [0, 0.05) is 10.9 Å². The van der Waals surface area contributed by atoms with Gasteiger partial charge in [0.25, 0.3) is 0 Å². The van der Waals surface area contributed by atoms with Crippen LogP contribution in [0.15, 0.2) is 42.0 Å².